The molecule has 0 spiro atoms. The van der Waals surface area contributed by atoms with E-state index in [1.807, 2.05) is 0 Å². The number of hydrogen-bond acceptors (Lipinski definition) is 6. The quantitative estimate of drug-likeness (QED) is 0.389. The third-order valence-electron chi connectivity index (χ3n) is 1.31. The summed E-state index contributed by atoms with van der Waals surface area (Å²) < 4.78 is 20.1. The van der Waals surface area contributed by atoms with E-state index in [0.717, 1.165) is 0 Å². The van der Waals surface area contributed by atoms with E-state index < -0.39 is 38.8 Å². The van der Waals surface area contributed by atoms with Crippen LogP contribution in [0, 0.1) is 0 Å². The minimum Gasteiger partial charge on any atom is -0.394 e. The van der Waals surface area contributed by atoms with Crippen LogP contribution in [0.1, 0.15) is 0 Å². The maximum absolute atomic E-state index is 10.0. The van der Waals surface area contributed by atoms with Crippen LogP contribution in [0.15, 0.2) is 0 Å². The van der Waals surface area contributed by atoms with E-state index >= 15 is 0 Å². The molecule has 12 heavy (non-hydrogen) atoms. The molecule has 0 aliphatic carbocycles. The minimum absolute atomic E-state index is 0.631. The smallest absolute Gasteiger partial charge is 0.318 e. The molecule has 0 amide bonds. The average Bonchev–Trinajstić information content (AvgIpc) is 2.00. The molecule has 72 valence electrons. The summed E-state index contributed by atoms with van der Waals surface area (Å²) in [5.74, 6) is 0. The second kappa shape index (κ2) is 5.40. The molecule has 4 N–H and O–H groups in total. The van der Waals surface area contributed by atoms with Gasteiger partial charge in [0.25, 0.3) is 0 Å². The van der Waals surface area contributed by atoms with Gasteiger partial charge in [-0.05, 0) is 0 Å². The first-order valence-corrected chi connectivity index (χ1v) is 4.62. The molecule has 0 heterocycles. The Labute approximate surface area is 69.3 Å². The molecular weight excluding hydrogens is 187 g/mol. The van der Waals surface area contributed by atoms with Crippen LogP contribution in [0.2, 0.25) is 0 Å². The topological polar surface area (TPSA) is 115 Å². The Kier molecular flexibility index (Phi) is 5.28. The first-order valence-electron chi connectivity index (χ1n) is 3.26. The summed E-state index contributed by atoms with van der Waals surface area (Å²) >= 11 is 0. The van der Waals surface area contributed by atoms with Gasteiger partial charge in [-0.1, -0.05) is 0 Å². The highest BCUT2D eigenvalue weighted by atomic mass is 31.1. The van der Waals surface area contributed by atoms with Crippen molar-refractivity contribution in [2.45, 2.75) is 18.3 Å². The molecule has 0 aromatic carbocycles. The van der Waals surface area contributed by atoms with Crippen LogP contribution in [0.3, 0.4) is 0 Å². The molecule has 0 saturated heterocycles. The summed E-state index contributed by atoms with van der Waals surface area (Å²) in [6.07, 6.45) is -5.35. The normalized spacial score (nSPS) is 18.3. The largest absolute Gasteiger partial charge is 0.394 e. The molecule has 0 aromatic rings. The van der Waals surface area contributed by atoms with Crippen LogP contribution in [0.4, 0.5) is 0 Å². The molecule has 0 rings (SSSR count). The van der Waals surface area contributed by atoms with Gasteiger partial charge >= 0.3 is 7.68 Å². The predicted molar refractivity (Wildman–Crippen MR) is 38.3 cm³/mol. The van der Waals surface area contributed by atoms with Gasteiger partial charge in [-0.25, -0.2) is 9.13 Å². The van der Waals surface area contributed by atoms with E-state index in [2.05, 4.69) is 0 Å². The third kappa shape index (κ3) is 3.94. The monoisotopic (exact) mass is 198 g/mol. The van der Waals surface area contributed by atoms with Gasteiger partial charge in [-0.2, -0.15) is 0 Å². The lowest BCUT2D eigenvalue weighted by Crippen LogP contribution is -2.40. The van der Waals surface area contributed by atoms with E-state index in [0.29, 0.717) is 0 Å². The molecule has 3 unspecified atom stereocenters. The molecule has 0 aliphatic rings. The maximum Gasteiger partial charge on any atom is 0.318 e. The SMILES string of the molecule is O=P(=O)CC(O)C(O)C(O)CO. The van der Waals surface area contributed by atoms with E-state index in [1.165, 1.54) is 0 Å². The zero-order valence-corrected chi connectivity index (χ0v) is 7.09. The Hall–Kier alpha value is -0.260. The van der Waals surface area contributed by atoms with Crippen molar-refractivity contribution in [3.8, 4) is 0 Å². The minimum atomic E-state index is -2.80. The van der Waals surface area contributed by atoms with Gasteiger partial charge in [0, 0.05) is 0 Å². The van der Waals surface area contributed by atoms with Crippen LogP contribution in [0.5, 0.6) is 0 Å². The lowest BCUT2D eigenvalue weighted by atomic mass is 10.1. The zero-order chi connectivity index (χ0) is 9.72. The van der Waals surface area contributed by atoms with Crippen molar-refractivity contribution in [2.75, 3.05) is 12.8 Å². The lowest BCUT2D eigenvalue weighted by molar-refractivity contribution is -0.0688. The van der Waals surface area contributed by atoms with Gasteiger partial charge in [0.1, 0.15) is 12.2 Å². The molecule has 0 aromatic heterocycles. The van der Waals surface area contributed by atoms with Crippen LogP contribution in [-0.2, 0) is 9.13 Å². The van der Waals surface area contributed by atoms with Gasteiger partial charge in [-0.3, -0.25) is 0 Å². The first-order chi connectivity index (χ1) is 5.49. The summed E-state index contributed by atoms with van der Waals surface area (Å²) in [6, 6.07) is 0. The first kappa shape index (κ1) is 11.7. The van der Waals surface area contributed by atoms with Gasteiger partial charge in [0.05, 0.1) is 18.9 Å². The zero-order valence-electron chi connectivity index (χ0n) is 6.20. The van der Waals surface area contributed by atoms with Gasteiger partial charge < -0.3 is 20.4 Å². The Morgan fingerprint density at radius 2 is 1.58 bits per heavy atom. The predicted octanol–water partition coefficient (Wildman–Crippen LogP) is -1.77. The Bertz CT molecular complexity index is 182. The van der Waals surface area contributed by atoms with Crippen molar-refractivity contribution < 1.29 is 29.6 Å². The summed E-state index contributed by atoms with van der Waals surface area (Å²) in [5.41, 5.74) is 0. The Balaban J connectivity index is 3.99. The van der Waals surface area contributed by atoms with Gasteiger partial charge in [0.2, 0.25) is 0 Å². The van der Waals surface area contributed by atoms with Gasteiger partial charge in [0.15, 0.2) is 0 Å². The van der Waals surface area contributed by atoms with Crippen LogP contribution in [-0.4, -0.2) is 51.5 Å². The van der Waals surface area contributed by atoms with Crippen molar-refractivity contribution in [3.05, 3.63) is 0 Å². The van der Waals surface area contributed by atoms with Crippen molar-refractivity contribution in [2.24, 2.45) is 0 Å². The number of aliphatic hydroxyl groups is 4. The average molecular weight is 198 g/mol. The summed E-state index contributed by atoms with van der Waals surface area (Å²) in [4.78, 5) is 0. The van der Waals surface area contributed by atoms with Crippen LogP contribution >= 0.6 is 7.68 Å². The molecule has 3 atom stereocenters. The van der Waals surface area contributed by atoms with E-state index in [-0.39, 0.29) is 0 Å². The summed E-state index contributed by atoms with van der Waals surface area (Å²) in [7, 11) is -2.80. The lowest BCUT2D eigenvalue weighted by Gasteiger charge is -2.18. The molecule has 6 nitrogen and oxygen atoms in total. The fourth-order valence-electron chi connectivity index (χ4n) is 0.625. The van der Waals surface area contributed by atoms with E-state index in [9.17, 15) is 9.13 Å². The molecule has 0 saturated carbocycles. The summed E-state index contributed by atoms with van der Waals surface area (Å²) in [5, 5.41) is 34.9. The van der Waals surface area contributed by atoms with E-state index in [4.69, 9.17) is 20.4 Å². The summed E-state index contributed by atoms with van der Waals surface area (Å²) in [6.45, 7) is -0.728. The standard InChI is InChI=1S/C5H11O6P/c6-1-3(7)5(9)4(8)2-12(10)11/h3-9H,1-2H2. The number of rotatable bonds is 5. The highest BCUT2D eigenvalue weighted by Gasteiger charge is 2.25. The fourth-order valence-corrected chi connectivity index (χ4v) is 1.15. The van der Waals surface area contributed by atoms with Gasteiger partial charge in [-0.15, -0.1) is 0 Å². The highest BCUT2D eigenvalue weighted by molar-refractivity contribution is 7.30. The third-order valence-corrected chi connectivity index (χ3v) is 1.98. The van der Waals surface area contributed by atoms with Crippen LogP contribution in [0.25, 0.3) is 0 Å². The van der Waals surface area contributed by atoms with E-state index in [1.54, 1.807) is 0 Å². The van der Waals surface area contributed by atoms with Crippen molar-refractivity contribution in [1.82, 2.24) is 0 Å². The molecule has 0 radical (unpaired) electrons. The molecule has 0 fully saturated rings. The molecule has 0 bridgehead atoms. The Morgan fingerprint density at radius 3 is 1.92 bits per heavy atom. The second-order valence-corrected chi connectivity index (χ2v) is 3.35. The number of aliphatic hydroxyl groups excluding tert-OH is 4. The second-order valence-electron chi connectivity index (χ2n) is 2.32. The molecular formula is C5H11O6P. The fraction of sp³-hybridized carbons (Fsp3) is 1.00. The van der Waals surface area contributed by atoms with Crippen molar-refractivity contribution in [3.63, 3.8) is 0 Å². The van der Waals surface area contributed by atoms with Crippen LogP contribution < -0.4 is 0 Å². The van der Waals surface area contributed by atoms with Crippen molar-refractivity contribution >= 4 is 7.68 Å². The maximum atomic E-state index is 10.0. The highest BCUT2D eigenvalue weighted by Crippen LogP contribution is 2.10. The number of hydrogen-bond donors (Lipinski definition) is 4. The molecule has 0 aliphatic heterocycles. The molecule has 7 heteroatoms. The Morgan fingerprint density at radius 1 is 1.08 bits per heavy atom. The van der Waals surface area contributed by atoms with Crippen molar-refractivity contribution in [1.29, 1.82) is 0 Å².